The Hall–Kier alpha value is -1.12. The lowest BCUT2D eigenvalue weighted by molar-refractivity contribution is 0.250. The molecular weight excluding hydrogens is 402 g/mol. The Morgan fingerprint density at radius 1 is 0.750 bits per heavy atom. The van der Waals surface area contributed by atoms with E-state index in [1.54, 1.807) is 12.1 Å². The second-order valence-electron chi connectivity index (χ2n) is 11.1. The number of benzene rings is 1. The first-order valence-corrected chi connectivity index (χ1v) is 13.7. The van der Waals surface area contributed by atoms with Crippen LogP contribution in [0.4, 0.5) is 8.78 Å². The predicted octanol–water partition coefficient (Wildman–Crippen LogP) is 9.05. The number of rotatable bonds is 10. The van der Waals surface area contributed by atoms with Gasteiger partial charge in [0.2, 0.25) is 5.82 Å². The molecule has 3 saturated carbocycles. The molecule has 1 aromatic carbocycles. The third kappa shape index (κ3) is 5.33. The number of hydrogen-bond donors (Lipinski definition) is 0. The van der Waals surface area contributed by atoms with Crippen LogP contribution in [-0.4, -0.2) is 6.61 Å². The lowest BCUT2D eigenvalue weighted by Gasteiger charge is -2.30. The molecule has 1 aromatic rings. The van der Waals surface area contributed by atoms with Gasteiger partial charge in [0.05, 0.1) is 6.61 Å². The molecule has 3 aliphatic rings. The van der Waals surface area contributed by atoms with E-state index in [9.17, 15) is 8.78 Å². The Morgan fingerprint density at radius 2 is 1.44 bits per heavy atom. The van der Waals surface area contributed by atoms with Gasteiger partial charge in [-0.2, -0.15) is 4.39 Å². The molecule has 0 N–H and O–H groups in total. The summed E-state index contributed by atoms with van der Waals surface area (Å²) in [7, 11) is 0. The molecule has 4 unspecified atom stereocenters. The van der Waals surface area contributed by atoms with Gasteiger partial charge >= 0.3 is 0 Å². The van der Waals surface area contributed by atoms with Gasteiger partial charge in [0.1, 0.15) is 0 Å². The summed E-state index contributed by atoms with van der Waals surface area (Å²) < 4.78 is 34.7. The monoisotopic (exact) mass is 446 g/mol. The van der Waals surface area contributed by atoms with Gasteiger partial charge in [0.15, 0.2) is 11.6 Å². The molecule has 4 rings (SSSR count). The Balaban J connectivity index is 1.24. The van der Waals surface area contributed by atoms with Crippen molar-refractivity contribution in [3.63, 3.8) is 0 Å². The molecule has 0 aliphatic heterocycles. The summed E-state index contributed by atoms with van der Waals surface area (Å²) in [5.74, 6) is 3.55. The summed E-state index contributed by atoms with van der Waals surface area (Å²) in [5, 5.41) is 0. The molecular formula is C29H44F2O. The molecule has 0 radical (unpaired) electrons. The molecule has 0 aromatic heterocycles. The first-order chi connectivity index (χ1) is 15.6. The van der Waals surface area contributed by atoms with E-state index in [0.29, 0.717) is 12.2 Å². The zero-order valence-corrected chi connectivity index (χ0v) is 20.4. The fourth-order valence-corrected chi connectivity index (χ4v) is 7.44. The van der Waals surface area contributed by atoms with Gasteiger partial charge in [-0.25, -0.2) is 4.39 Å². The average Bonchev–Trinajstić information content (AvgIpc) is 3.39. The van der Waals surface area contributed by atoms with E-state index in [1.807, 2.05) is 0 Å². The van der Waals surface area contributed by atoms with E-state index in [-0.39, 0.29) is 11.7 Å². The smallest absolute Gasteiger partial charge is 0.200 e. The first-order valence-electron chi connectivity index (χ1n) is 13.7. The Labute approximate surface area is 194 Å². The molecule has 3 fully saturated rings. The molecule has 0 bridgehead atoms. The van der Waals surface area contributed by atoms with Gasteiger partial charge in [0, 0.05) is 0 Å². The molecule has 0 spiro atoms. The normalized spacial score (nSPS) is 32.2. The third-order valence-corrected chi connectivity index (χ3v) is 9.23. The molecule has 0 heterocycles. The van der Waals surface area contributed by atoms with Gasteiger partial charge in [-0.3, -0.25) is 0 Å². The van der Waals surface area contributed by atoms with Crippen molar-refractivity contribution < 1.29 is 13.5 Å². The zero-order chi connectivity index (χ0) is 22.5. The van der Waals surface area contributed by atoms with Crippen molar-refractivity contribution in [3.05, 3.63) is 29.3 Å². The van der Waals surface area contributed by atoms with Crippen molar-refractivity contribution in [2.75, 3.05) is 6.61 Å². The van der Waals surface area contributed by atoms with Crippen LogP contribution in [0.2, 0.25) is 0 Å². The number of fused-ring (bicyclic) bond motifs is 1. The van der Waals surface area contributed by atoms with Gasteiger partial charge < -0.3 is 4.74 Å². The number of ether oxygens (including phenoxy) is 1. The zero-order valence-electron chi connectivity index (χ0n) is 20.4. The summed E-state index contributed by atoms with van der Waals surface area (Å²) in [5.41, 5.74) is 0.565. The van der Waals surface area contributed by atoms with E-state index < -0.39 is 11.6 Å². The van der Waals surface area contributed by atoms with Crippen LogP contribution in [0, 0.1) is 41.2 Å². The van der Waals surface area contributed by atoms with E-state index in [4.69, 9.17) is 4.74 Å². The summed E-state index contributed by atoms with van der Waals surface area (Å²) in [6, 6.07) is 3.41. The summed E-state index contributed by atoms with van der Waals surface area (Å²) >= 11 is 0. The minimum Gasteiger partial charge on any atom is -0.490 e. The van der Waals surface area contributed by atoms with Gasteiger partial charge in [-0.05, 0) is 111 Å². The fraction of sp³-hybridized carbons (Fsp3) is 0.793. The number of halogens is 2. The van der Waals surface area contributed by atoms with Crippen molar-refractivity contribution in [2.45, 2.75) is 110 Å². The van der Waals surface area contributed by atoms with E-state index in [0.717, 1.165) is 55.3 Å². The fourth-order valence-electron chi connectivity index (χ4n) is 7.44. The summed E-state index contributed by atoms with van der Waals surface area (Å²) in [6.07, 6.45) is 17.6. The predicted molar refractivity (Wildman–Crippen MR) is 128 cm³/mol. The first kappa shape index (κ1) is 24.0. The molecule has 1 nitrogen and oxygen atoms in total. The Morgan fingerprint density at radius 3 is 2.09 bits per heavy atom. The molecule has 32 heavy (non-hydrogen) atoms. The van der Waals surface area contributed by atoms with Crippen LogP contribution in [0.3, 0.4) is 0 Å². The molecule has 3 heteroatoms. The van der Waals surface area contributed by atoms with Crippen LogP contribution in [0.5, 0.6) is 5.75 Å². The minimum atomic E-state index is -0.797. The van der Waals surface area contributed by atoms with E-state index in [1.165, 1.54) is 64.2 Å². The summed E-state index contributed by atoms with van der Waals surface area (Å²) in [6.45, 7) is 4.84. The molecule has 180 valence electrons. The maximum Gasteiger partial charge on any atom is 0.200 e. The number of hydrogen-bond acceptors (Lipinski definition) is 1. The van der Waals surface area contributed by atoms with Gasteiger partial charge in [0.25, 0.3) is 0 Å². The van der Waals surface area contributed by atoms with Crippen molar-refractivity contribution in [1.82, 2.24) is 0 Å². The highest BCUT2D eigenvalue weighted by Gasteiger charge is 2.43. The third-order valence-electron chi connectivity index (χ3n) is 9.23. The second kappa shape index (κ2) is 11.3. The van der Waals surface area contributed by atoms with Crippen LogP contribution in [-0.2, 0) is 0 Å². The van der Waals surface area contributed by atoms with Gasteiger partial charge in [-0.1, -0.05) is 45.6 Å². The van der Waals surface area contributed by atoms with Crippen LogP contribution >= 0.6 is 0 Å². The highest BCUT2D eigenvalue weighted by atomic mass is 19.2. The van der Waals surface area contributed by atoms with E-state index >= 15 is 0 Å². The molecule has 3 aliphatic carbocycles. The highest BCUT2D eigenvalue weighted by molar-refractivity contribution is 5.33. The quantitative estimate of drug-likeness (QED) is 0.326. The molecule has 0 amide bonds. The van der Waals surface area contributed by atoms with Crippen molar-refractivity contribution in [3.8, 4) is 5.75 Å². The molecule has 4 atom stereocenters. The minimum absolute atomic E-state index is 0.0661. The van der Waals surface area contributed by atoms with Crippen LogP contribution < -0.4 is 4.74 Å². The second-order valence-corrected chi connectivity index (χ2v) is 11.1. The average molecular weight is 447 g/mol. The standard InChI is InChI=1S/C29H44F2O/c1-3-5-19-32-27-18-17-26(28(30)29(27)31)23-11-8-20(9-12-23)7-10-22-14-16-24-21(6-4-2)13-15-25(22)24/h17-18,20-25H,3-16,19H2,1-2H3. The maximum atomic E-state index is 14.8. The SMILES string of the molecule is CCCCOc1ccc(C2CCC(CCC3CCC4C(CCC)CCC34)CC2)c(F)c1F. The Bertz CT molecular complexity index is 724. The van der Waals surface area contributed by atoms with Crippen molar-refractivity contribution >= 4 is 0 Å². The van der Waals surface area contributed by atoms with Crippen LogP contribution in [0.1, 0.15) is 115 Å². The van der Waals surface area contributed by atoms with Crippen LogP contribution in [0.15, 0.2) is 12.1 Å². The topological polar surface area (TPSA) is 9.23 Å². The lowest BCUT2D eigenvalue weighted by atomic mass is 9.75. The van der Waals surface area contributed by atoms with Crippen LogP contribution in [0.25, 0.3) is 0 Å². The molecule has 0 saturated heterocycles. The van der Waals surface area contributed by atoms with E-state index in [2.05, 4.69) is 13.8 Å². The van der Waals surface area contributed by atoms with Gasteiger partial charge in [-0.15, -0.1) is 0 Å². The van der Waals surface area contributed by atoms with Crippen molar-refractivity contribution in [1.29, 1.82) is 0 Å². The lowest BCUT2D eigenvalue weighted by Crippen LogP contribution is -2.17. The maximum absolute atomic E-state index is 14.8. The number of unbranched alkanes of at least 4 members (excludes halogenated alkanes) is 1. The summed E-state index contributed by atoms with van der Waals surface area (Å²) in [4.78, 5) is 0. The Kier molecular flexibility index (Phi) is 8.51. The highest BCUT2D eigenvalue weighted by Crippen LogP contribution is 2.53. The van der Waals surface area contributed by atoms with Crippen molar-refractivity contribution in [2.24, 2.45) is 29.6 Å². The largest absolute Gasteiger partial charge is 0.490 e.